The predicted molar refractivity (Wildman–Crippen MR) is 30.8 cm³/mol. The molecule has 36 valence electrons. The van der Waals surface area contributed by atoms with E-state index < -0.39 is 0 Å². The van der Waals surface area contributed by atoms with E-state index in [1.54, 1.807) is 0 Å². The minimum atomic E-state index is 1.05. The van der Waals surface area contributed by atoms with Gasteiger partial charge in [0.2, 0.25) is 0 Å². The molecule has 0 amide bonds. The minimum Gasteiger partial charge on any atom is -0.0979 e. The number of hydrogen-bond acceptors (Lipinski definition) is 0. The van der Waals surface area contributed by atoms with E-state index in [0.717, 1.165) is 12.8 Å². The van der Waals surface area contributed by atoms with Gasteiger partial charge in [-0.15, -0.1) is 0 Å². The zero-order valence-corrected chi connectivity index (χ0v) is 4.49. The van der Waals surface area contributed by atoms with Crippen LogP contribution in [0.1, 0.15) is 19.8 Å². The highest BCUT2D eigenvalue weighted by molar-refractivity contribution is 5.29. The summed E-state index contributed by atoms with van der Waals surface area (Å²) in [6, 6.07) is 0. The van der Waals surface area contributed by atoms with E-state index in [0.29, 0.717) is 0 Å². The maximum absolute atomic E-state index is 3.02. The average molecular weight is 92.1 g/mol. The van der Waals surface area contributed by atoms with Crippen LogP contribution in [0.4, 0.5) is 0 Å². The van der Waals surface area contributed by atoms with Crippen LogP contribution >= 0.6 is 0 Å². The molecule has 0 aliphatic heterocycles. The van der Waals surface area contributed by atoms with Crippen LogP contribution in [0.5, 0.6) is 0 Å². The summed E-state index contributed by atoms with van der Waals surface area (Å²) >= 11 is 0. The lowest BCUT2D eigenvalue weighted by molar-refractivity contribution is 1.06. The highest BCUT2D eigenvalue weighted by atomic mass is 13.9. The monoisotopic (exact) mass is 92.1 g/mol. The molecule has 0 spiro atoms. The largest absolute Gasteiger partial charge is 0.0979 e. The van der Waals surface area contributed by atoms with Crippen molar-refractivity contribution in [2.75, 3.05) is 0 Å². The summed E-state index contributed by atoms with van der Waals surface area (Å²) in [5, 5.41) is 0. The molecule has 0 aromatic carbocycles. The van der Waals surface area contributed by atoms with Crippen molar-refractivity contribution in [3.05, 3.63) is 11.6 Å². The fourth-order valence-corrected chi connectivity index (χ4v) is 0.614. The lowest BCUT2D eigenvalue weighted by Crippen LogP contribution is -1.76. The maximum atomic E-state index is 3.02. The Morgan fingerprint density at radius 2 is 2.57 bits per heavy atom. The third-order valence-corrected chi connectivity index (χ3v) is 1.01. The Morgan fingerprint density at radius 1 is 1.71 bits per heavy atom. The molecule has 0 radical (unpaired) electrons. The van der Waals surface area contributed by atoms with Crippen LogP contribution in [0, 0.1) is 11.8 Å². The van der Waals surface area contributed by atoms with Gasteiger partial charge in [0.15, 0.2) is 0 Å². The Balaban J connectivity index is 2.69. The van der Waals surface area contributed by atoms with E-state index in [-0.39, 0.29) is 0 Å². The first-order valence-electron chi connectivity index (χ1n) is 2.55. The molecule has 0 heteroatoms. The van der Waals surface area contributed by atoms with Gasteiger partial charge in [-0.2, -0.15) is 0 Å². The summed E-state index contributed by atoms with van der Waals surface area (Å²) in [7, 11) is 0. The smallest absolute Gasteiger partial charge is 0.0127 e. The Hall–Kier alpha value is -0.700. The van der Waals surface area contributed by atoms with Crippen LogP contribution in [0.3, 0.4) is 0 Å². The molecule has 0 bridgehead atoms. The summed E-state index contributed by atoms with van der Waals surface area (Å²) in [6.07, 6.45) is 4.38. The van der Waals surface area contributed by atoms with Crippen molar-refractivity contribution >= 4 is 0 Å². The van der Waals surface area contributed by atoms with Crippen molar-refractivity contribution < 1.29 is 0 Å². The van der Waals surface area contributed by atoms with Crippen molar-refractivity contribution in [1.29, 1.82) is 0 Å². The van der Waals surface area contributed by atoms with Crippen LogP contribution in [0.15, 0.2) is 11.6 Å². The molecule has 1 rings (SSSR count). The van der Waals surface area contributed by atoms with Gasteiger partial charge in [-0.1, -0.05) is 17.9 Å². The van der Waals surface area contributed by atoms with E-state index in [1.807, 2.05) is 6.92 Å². The van der Waals surface area contributed by atoms with Gasteiger partial charge in [0, 0.05) is 6.42 Å². The number of rotatable bonds is 0. The second-order valence-corrected chi connectivity index (χ2v) is 1.73. The van der Waals surface area contributed by atoms with Crippen LogP contribution in [-0.4, -0.2) is 0 Å². The van der Waals surface area contributed by atoms with Crippen LogP contribution in [0.2, 0.25) is 0 Å². The Kier molecular flexibility index (Phi) is 1.17. The van der Waals surface area contributed by atoms with Crippen molar-refractivity contribution in [2.24, 2.45) is 0 Å². The highest BCUT2D eigenvalue weighted by Gasteiger charge is 1.85. The van der Waals surface area contributed by atoms with E-state index in [1.165, 1.54) is 5.57 Å². The Labute approximate surface area is 44.2 Å². The molecule has 7 heavy (non-hydrogen) atoms. The molecule has 1 aliphatic carbocycles. The molecule has 0 aromatic rings. The normalized spacial score (nSPS) is 17.0. The van der Waals surface area contributed by atoms with E-state index in [4.69, 9.17) is 0 Å². The Bertz CT molecular complexity index is 141. The fourth-order valence-electron chi connectivity index (χ4n) is 0.614. The third-order valence-electron chi connectivity index (χ3n) is 1.01. The predicted octanol–water partition coefficient (Wildman–Crippen LogP) is 1.73. The standard InChI is InChI=1S/C7H8/c1-7-5-3-2-4-6-7/h5H,2-3H2,1H3. The second-order valence-electron chi connectivity index (χ2n) is 1.73. The van der Waals surface area contributed by atoms with Gasteiger partial charge in [0.05, 0.1) is 0 Å². The number of allylic oxidation sites excluding steroid dienone is 2. The second kappa shape index (κ2) is 1.84. The van der Waals surface area contributed by atoms with Gasteiger partial charge < -0.3 is 0 Å². The summed E-state index contributed by atoms with van der Waals surface area (Å²) < 4.78 is 0. The van der Waals surface area contributed by atoms with E-state index in [2.05, 4.69) is 17.9 Å². The van der Waals surface area contributed by atoms with Gasteiger partial charge in [-0.3, -0.25) is 0 Å². The highest BCUT2D eigenvalue weighted by Crippen LogP contribution is 2.00. The minimum absolute atomic E-state index is 1.05. The third kappa shape index (κ3) is 1.08. The fraction of sp³-hybridized carbons (Fsp3) is 0.429. The van der Waals surface area contributed by atoms with Gasteiger partial charge in [0.25, 0.3) is 0 Å². The lowest BCUT2D eigenvalue weighted by atomic mass is 10.1. The van der Waals surface area contributed by atoms with Gasteiger partial charge >= 0.3 is 0 Å². The molecule has 0 heterocycles. The molecule has 0 saturated heterocycles. The molecule has 0 N–H and O–H groups in total. The molecule has 0 fully saturated rings. The first kappa shape index (κ1) is 4.46. The topological polar surface area (TPSA) is 0 Å². The molecule has 0 atom stereocenters. The van der Waals surface area contributed by atoms with Crippen LogP contribution in [0.25, 0.3) is 0 Å². The summed E-state index contributed by atoms with van der Waals surface area (Å²) in [6.45, 7) is 2.05. The van der Waals surface area contributed by atoms with Crippen molar-refractivity contribution in [2.45, 2.75) is 19.8 Å². The van der Waals surface area contributed by atoms with E-state index >= 15 is 0 Å². The maximum Gasteiger partial charge on any atom is 0.0127 e. The SMILES string of the molecule is CC1=CCCC#C1. The van der Waals surface area contributed by atoms with Crippen molar-refractivity contribution in [3.8, 4) is 11.8 Å². The lowest BCUT2D eigenvalue weighted by Gasteiger charge is -1.91. The molecule has 0 saturated carbocycles. The molecule has 0 unspecified atom stereocenters. The van der Waals surface area contributed by atoms with Gasteiger partial charge in [-0.25, -0.2) is 0 Å². The quantitative estimate of drug-likeness (QED) is 0.399. The Morgan fingerprint density at radius 3 is 2.86 bits per heavy atom. The molecule has 0 nitrogen and oxygen atoms in total. The first-order valence-corrected chi connectivity index (χ1v) is 2.55. The summed E-state index contributed by atoms with van der Waals surface area (Å²) in [5.41, 5.74) is 1.23. The molecule has 0 aromatic heterocycles. The zero-order valence-electron chi connectivity index (χ0n) is 4.49. The summed E-state index contributed by atoms with van der Waals surface area (Å²) in [5.74, 6) is 6.01. The summed E-state index contributed by atoms with van der Waals surface area (Å²) in [4.78, 5) is 0. The van der Waals surface area contributed by atoms with Crippen LogP contribution in [-0.2, 0) is 0 Å². The first-order chi connectivity index (χ1) is 3.39. The van der Waals surface area contributed by atoms with Crippen molar-refractivity contribution in [3.63, 3.8) is 0 Å². The number of hydrogen-bond donors (Lipinski definition) is 0. The van der Waals surface area contributed by atoms with Crippen molar-refractivity contribution in [1.82, 2.24) is 0 Å². The van der Waals surface area contributed by atoms with E-state index in [9.17, 15) is 0 Å². The molecular formula is C7H8. The molecular weight excluding hydrogens is 84.1 g/mol. The van der Waals surface area contributed by atoms with Gasteiger partial charge in [0.1, 0.15) is 0 Å². The molecule has 1 aliphatic rings. The zero-order chi connectivity index (χ0) is 5.11. The average Bonchev–Trinajstić information content (AvgIpc) is 1.69. The van der Waals surface area contributed by atoms with Crippen LogP contribution < -0.4 is 0 Å². The van der Waals surface area contributed by atoms with Gasteiger partial charge in [-0.05, 0) is 18.9 Å².